The number of piperidine rings is 1. The lowest BCUT2D eigenvalue weighted by atomic mass is 9.91. The number of fused-ring (bicyclic) bond motifs is 2. The minimum absolute atomic E-state index is 0.0450. The smallest absolute Gasteiger partial charge is 0.260 e. The summed E-state index contributed by atoms with van der Waals surface area (Å²) < 4.78 is 23.1. The van der Waals surface area contributed by atoms with Gasteiger partial charge in [0.25, 0.3) is 5.91 Å². The van der Waals surface area contributed by atoms with E-state index < -0.39 is 11.6 Å². The van der Waals surface area contributed by atoms with Gasteiger partial charge in [0.15, 0.2) is 17.1 Å². The molecule has 0 aliphatic carbocycles. The van der Waals surface area contributed by atoms with Gasteiger partial charge < -0.3 is 14.5 Å². The Morgan fingerprint density at radius 3 is 2.87 bits per heavy atom. The molecule has 11 heteroatoms. The van der Waals surface area contributed by atoms with E-state index in [4.69, 9.17) is 4.74 Å². The number of halogens is 1. The average molecular weight is 422 g/mol. The number of amides is 1. The summed E-state index contributed by atoms with van der Waals surface area (Å²) in [5.74, 6) is 0.490. The Morgan fingerprint density at radius 1 is 1.23 bits per heavy atom. The molecular formula is C20H19FN8O2. The van der Waals surface area contributed by atoms with Crippen LogP contribution in [-0.4, -0.2) is 67.3 Å². The number of rotatable bonds is 2. The number of hydrogen-bond acceptors (Lipinski definition) is 8. The van der Waals surface area contributed by atoms with Gasteiger partial charge in [-0.25, -0.2) is 18.9 Å². The average Bonchev–Trinajstić information content (AvgIpc) is 3.17. The molecule has 0 saturated carbocycles. The SMILES string of the molecule is N#Cc1cncc2c1OCCN(C(=O)C1(F)CCN(c3nccn4ncnc34)CC1)C2. The zero-order chi connectivity index (χ0) is 21.4. The minimum atomic E-state index is -1.97. The van der Waals surface area contributed by atoms with Crippen LogP contribution in [0.25, 0.3) is 5.65 Å². The first-order valence-corrected chi connectivity index (χ1v) is 9.96. The molecule has 0 unspecified atom stereocenters. The van der Waals surface area contributed by atoms with E-state index in [0.717, 1.165) is 0 Å². The highest BCUT2D eigenvalue weighted by Crippen LogP contribution is 2.33. The highest BCUT2D eigenvalue weighted by molar-refractivity contribution is 5.86. The van der Waals surface area contributed by atoms with Crippen molar-refractivity contribution in [2.45, 2.75) is 25.1 Å². The van der Waals surface area contributed by atoms with Crippen LogP contribution in [0.3, 0.4) is 0 Å². The van der Waals surface area contributed by atoms with Crippen molar-refractivity contribution in [2.24, 2.45) is 0 Å². The second-order valence-corrected chi connectivity index (χ2v) is 7.59. The zero-order valence-electron chi connectivity index (χ0n) is 16.6. The summed E-state index contributed by atoms with van der Waals surface area (Å²) in [6, 6.07) is 2.04. The van der Waals surface area contributed by atoms with Gasteiger partial charge in [0, 0.05) is 56.3 Å². The van der Waals surface area contributed by atoms with Crippen LogP contribution in [0, 0.1) is 11.3 Å². The molecule has 0 spiro atoms. The largest absolute Gasteiger partial charge is 0.490 e. The second kappa shape index (κ2) is 7.46. The third-order valence-electron chi connectivity index (χ3n) is 5.76. The van der Waals surface area contributed by atoms with Crippen molar-refractivity contribution in [1.29, 1.82) is 5.26 Å². The molecule has 0 aromatic carbocycles. The van der Waals surface area contributed by atoms with E-state index in [9.17, 15) is 10.1 Å². The fourth-order valence-corrected chi connectivity index (χ4v) is 4.11. The monoisotopic (exact) mass is 422 g/mol. The standard InChI is InChI=1S/C20H19FN8O2/c21-20(1-4-27(5-2-20)17-18-25-13-26-29(18)6-3-24-17)19(30)28-7-8-31-16-14(9-22)10-23-11-15(16)12-28/h3,6,10-11,13H,1-2,4-5,7-8,12H2. The van der Waals surface area contributed by atoms with Crippen molar-refractivity contribution in [1.82, 2.24) is 29.5 Å². The molecule has 158 valence electrons. The number of nitriles is 1. The maximum atomic E-state index is 15.8. The molecule has 2 aliphatic heterocycles. The Bertz CT molecular complexity index is 1180. The molecule has 10 nitrogen and oxygen atoms in total. The van der Waals surface area contributed by atoms with Crippen LogP contribution in [0.1, 0.15) is 24.0 Å². The normalized spacial score (nSPS) is 18.1. The van der Waals surface area contributed by atoms with Crippen molar-refractivity contribution in [2.75, 3.05) is 31.1 Å². The predicted octanol–water partition coefficient (Wildman–Crippen LogP) is 1.12. The van der Waals surface area contributed by atoms with Crippen LogP contribution in [-0.2, 0) is 11.3 Å². The summed E-state index contributed by atoms with van der Waals surface area (Å²) in [5, 5.41) is 13.3. The molecule has 2 aliphatic rings. The van der Waals surface area contributed by atoms with Crippen molar-refractivity contribution in [3.63, 3.8) is 0 Å². The number of nitrogens with zero attached hydrogens (tertiary/aromatic N) is 8. The van der Waals surface area contributed by atoms with E-state index in [1.165, 1.54) is 17.4 Å². The lowest BCUT2D eigenvalue weighted by molar-refractivity contribution is -0.146. The lowest BCUT2D eigenvalue weighted by Crippen LogP contribution is -2.52. The molecule has 0 bridgehead atoms. The zero-order valence-corrected chi connectivity index (χ0v) is 16.6. The summed E-state index contributed by atoms with van der Waals surface area (Å²) >= 11 is 0. The topological polar surface area (TPSA) is 113 Å². The molecule has 0 radical (unpaired) electrons. The highest BCUT2D eigenvalue weighted by atomic mass is 19.1. The summed E-state index contributed by atoms with van der Waals surface area (Å²) in [7, 11) is 0. The molecule has 1 saturated heterocycles. The molecule has 5 rings (SSSR count). The molecule has 1 fully saturated rings. The van der Waals surface area contributed by atoms with Gasteiger partial charge in [-0.3, -0.25) is 9.78 Å². The van der Waals surface area contributed by atoms with Gasteiger partial charge in [-0.05, 0) is 0 Å². The molecule has 3 aromatic heterocycles. The molecule has 3 aromatic rings. The molecule has 0 atom stereocenters. The molecule has 1 amide bonds. The van der Waals surface area contributed by atoms with Gasteiger partial charge in [0.1, 0.15) is 30.3 Å². The maximum absolute atomic E-state index is 15.8. The van der Waals surface area contributed by atoms with Crippen molar-refractivity contribution >= 4 is 17.4 Å². The molecular weight excluding hydrogens is 403 g/mol. The molecule has 31 heavy (non-hydrogen) atoms. The van der Waals surface area contributed by atoms with E-state index >= 15 is 4.39 Å². The van der Waals surface area contributed by atoms with Gasteiger partial charge in [0.05, 0.1) is 13.1 Å². The van der Waals surface area contributed by atoms with Crippen molar-refractivity contribution < 1.29 is 13.9 Å². The van der Waals surface area contributed by atoms with E-state index in [0.29, 0.717) is 41.4 Å². The van der Waals surface area contributed by atoms with Gasteiger partial charge in [-0.1, -0.05) is 0 Å². The van der Waals surface area contributed by atoms with Crippen LogP contribution in [0.2, 0.25) is 0 Å². The Hall–Kier alpha value is -3.81. The second-order valence-electron chi connectivity index (χ2n) is 7.59. The number of pyridine rings is 1. The quantitative estimate of drug-likeness (QED) is 0.604. The number of ether oxygens (including phenoxy) is 1. The number of anilines is 1. The maximum Gasteiger partial charge on any atom is 0.260 e. The van der Waals surface area contributed by atoms with Crippen LogP contribution < -0.4 is 9.64 Å². The molecule has 0 N–H and O–H groups in total. The Morgan fingerprint density at radius 2 is 2.06 bits per heavy atom. The summed E-state index contributed by atoms with van der Waals surface area (Å²) in [6.45, 7) is 1.27. The fraction of sp³-hybridized carbons (Fsp3) is 0.400. The summed E-state index contributed by atoms with van der Waals surface area (Å²) in [5.41, 5.74) is -0.457. The number of alkyl halides is 1. The summed E-state index contributed by atoms with van der Waals surface area (Å²) in [4.78, 5) is 29.2. The van der Waals surface area contributed by atoms with Crippen LogP contribution in [0.4, 0.5) is 10.2 Å². The van der Waals surface area contributed by atoms with Crippen LogP contribution in [0.15, 0.2) is 31.1 Å². The first kappa shape index (κ1) is 19.2. The summed E-state index contributed by atoms with van der Waals surface area (Å²) in [6.07, 6.45) is 7.83. The van der Waals surface area contributed by atoms with E-state index in [2.05, 4.69) is 20.1 Å². The Labute approximate surface area is 176 Å². The van der Waals surface area contributed by atoms with E-state index in [1.807, 2.05) is 11.0 Å². The number of carbonyl (C=O) groups excluding carboxylic acids is 1. The predicted molar refractivity (Wildman–Crippen MR) is 106 cm³/mol. The Balaban J connectivity index is 1.32. The van der Waals surface area contributed by atoms with Crippen LogP contribution >= 0.6 is 0 Å². The number of carbonyl (C=O) groups is 1. The van der Waals surface area contributed by atoms with Gasteiger partial charge in [-0.2, -0.15) is 10.4 Å². The van der Waals surface area contributed by atoms with Gasteiger partial charge in [0.2, 0.25) is 0 Å². The first-order chi connectivity index (χ1) is 15.1. The minimum Gasteiger partial charge on any atom is -0.490 e. The van der Waals surface area contributed by atoms with Gasteiger partial charge in [-0.15, -0.1) is 0 Å². The third-order valence-corrected chi connectivity index (χ3v) is 5.76. The highest BCUT2D eigenvalue weighted by Gasteiger charge is 2.45. The number of aromatic nitrogens is 5. The van der Waals surface area contributed by atoms with E-state index in [-0.39, 0.29) is 32.5 Å². The Kier molecular flexibility index (Phi) is 4.62. The van der Waals surface area contributed by atoms with Crippen molar-refractivity contribution in [3.8, 4) is 11.8 Å². The molecule has 5 heterocycles. The van der Waals surface area contributed by atoms with Crippen LogP contribution in [0.5, 0.6) is 5.75 Å². The van der Waals surface area contributed by atoms with Crippen molar-refractivity contribution in [3.05, 3.63) is 42.2 Å². The first-order valence-electron chi connectivity index (χ1n) is 9.96. The van der Waals surface area contributed by atoms with E-state index in [1.54, 1.807) is 23.1 Å². The third kappa shape index (κ3) is 3.30. The van der Waals surface area contributed by atoms with Gasteiger partial charge >= 0.3 is 0 Å². The lowest BCUT2D eigenvalue weighted by Gasteiger charge is -2.38. The number of hydrogen-bond donors (Lipinski definition) is 0. The fourth-order valence-electron chi connectivity index (χ4n) is 4.11.